The average Bonchev–Trinajstić information content (AvgIpc) is 2.69. The van der Waals surface area contributed by atoms with Gasteiger partial charge >= 0.3 is 0 Å². The summed E-state index contributed by atoms with van der Waals surface area (Å²) in [6, 6.07) is 8.50. The molecule has 0 radical (unpaired) electrons. The Bertz CT molecular complexity index is 814. The van der Waals surface area contributed by atoms with Crippen LogP contribution in [0.2, 0.25) is 0 Å². The molecule has 0 aromatic heterocycles. The number of ketones is 1. The highest BCUT2D eigenvalue weighted by molar-refractivity contribution is 6.06. The Balaban J connectivity index is 2.09. The zero-order valence-electron chi connectivity index (χ0n) is 14.9. The molecule has 2 atom stereocenters. The van der Waals surface area contributed by atoms with Gasteiger partial charge in [-0.05, 0) is 17.7 Å². The maximum atomic E-state index is 12.8. The van der Waals surface area contributed by atoms with Crippen molar-refractivity contribution in [2.75, 3.05) is 28.4 Å². The van der Waals surface area contributed by atoms with E-state index in [2.05, 4.69) is 0 Å². The molecule has 0 saturated carbocycles. The van der Waals surface area contributed by atoms with Crippen LogP contribution in [0.5, 0.6) is 28.7 Å². The normalized spacial score (nSPS) is 18.6. The molecule has 0 fully saturated rings. The van der Waals surface area contributed by atoms with E-state index in [1.165, 1.54) is 21.3 Å². The van der Waals surface area contributed by atoms with E-state index in [-0.39, 0.29) is 22.8 Å². The van der Waals surface area contributed by atoms with Gasteiger partial charge in [0.15, 0.2) is 23.7 Å². The summed E-state index contributed by atoms with van der Waals surface area (Å²) in [4.78, 5) is 12.8. The van der Waals surface area contributed by atoms with Crippen LogP contribution < -0.4 is 23.7 Å². The third kappa shape index (κ3) is 2.80. The highest BCUT2D eigenvalue weighted by Crippen LogP contribution is 2.49. The molecule has 7 heteroatoms. The van der Waals surface area contributed by atoms with Gasteiger partial charge in [0.1, 0.15) is 17.1 Å². The van der Waals surface area contributed by atoms with E-state index in [0.29, 0.717) is 17.1 Å². The van der Waals surface area contributed by atoms with Gasteiger partial charge in [-0.15, -0.1) is 0 Å². The fraction of sp³-hybridized carbons (Fsp3) is 0.316. The Hall–Kier alpha value is -2.93. The minimum Gasteiger partial charge on any atom is -0.497 e. The lowest BCUT2D eigenvalue weighted by Gasteiger charge is -2.31. The lowest BCUT2D eigenvalue weighted by molar-refractivity contribution is 0.0209. The molecular formula is C19H20O7. The van der Waals surface area contributed by atoms with Crippen molar-refractivity contribution in [3.8, 4) is 28.7 Å². The summed E-state index contributed by atoms with van der Waals surface area (Å²) in [6.45, 7) is 0. The molecule has 2 aromatic carbocycles. The number of rotatable bonds is 5. The summed E-state index contributed by atoms with van der Waals surface area (Å²) in [5.41, 5.74) is 0.772. The van der Waals surface area contributed by atoms with Crippen molar-refractivity contribution in [2.24, 2.45) is 0 Å². The molecule has 0 spiro atoms. The van der Waals surface area contributed by atoms with Crippen molar-refractivity contribution in [1.82, 2.24) is 0 Å². The molecule has 0 aliphatic carbocycles. The van der Waals surface area contributed by atoms with E-state index in [4.69, 9.17) is 23.7 Å². The van der Waals surface area contributed by atoms with E-state index in [1.54, 1.807) is 37.4 Å². The van der Waals surface area contributed by atoms with Gasteiger partial charge in [-0.2, -0.15) is 0 Å². The standard InChI is InChI=1S/C19H20O7/c1-22-11-7-5-10(6-8-11)17-16(21)15(20)14-12(26-17)9-13(23-2)18(24-3)19(14)25-4/h5-9,16-17,21H,1-4H3. The summed E-state index contributed by atoms with van der Waals surface area (Å²) < 4.78 is 27.0. The molecule has 3 rings (SSSR count). The van der Waals surface area contributed by atoms with Gasteiger partial charge in [-0.25, -0.2) is 0 Å². The molecule has 1 aliphatic heterocycles. The van der Waals surface area contributed by atoms with Crippen LogP contribution in [0.4, 0.5) is 0 Å². The zero-order chi connectivity index (χ0) is 18.8. The summed E-state index contributed by atoms with van der Waals surface area (Å²) >= 11 is 0. The molecule has 26 heavy (non-hydrogen) atoms. The molecular weight excluding hydrogens is 340 g/mol. The number of hydrogen-bond acceptors (Lipinski definition) is 7. The molecule has 2 aromatic rings. The molecule has 138 valence electrons. The van der Waals surface area contributed by atoms with Crippen LogP contribution >= 0.6 is 0 Å². The maximum Gasteiger partial charge on any atom is 0.204 e. The van der Waals surface area contributed by atoms with Crippen LogP contribution in [0.1, 0.15) is 22.0 Å². The van der Waals surface area contributed by atoms with Crippen LogP contribution in [-0.4, -0.2) is 45.4 Å². The highest BCUT2D eigenvalue weighted by atomic mass is 16.5. The number of benzene rings is 2. The number of fused-ring (bicyclic) bond motifs is 1. The summed E-state index contributed by atoms with van der Waals surface area (Å²) in [5.74, 6) is 1.21. The minimum absolute atomic E-state index is 0.127. The Kier molecular flexibility index (Phi) is 4.90. The summed E-state index contributed by atoms with van der Waals surface area (Å²) in [7, 11) is 5.89. The second-order valence-electron chi connectivity index (χ2n) is 5.64. The molecule has 1 heterocycles. The first-order chi connectivity index (χ1) is 12.5. The molecule has 7 nitrogen and oxygen atoms in total. The largest absolute Gasteiger partial charge is 0.497 e. The third-order valence-corrected chi connectivity index (χ3v) is 4.29. The molecule has 2 unspecified atom stereocenters. The minimum atomic E-state index is -1.39. The molecule has 0 bridgehead atoms. The number of carbonyl (C=O) groups is 1. The maximum absolute atomic E-state index is 12.8. The number of hydrogen-bond donors (Lipinski definition) is 1. The van der Waals surface area contributed by atoms with Crippen molar-refractivity contribution in [3.63, 3.8) is 0 Å². The van der Waals surface area contributed by atoms with Crippen LogP contribution in [0.25, 0.3) is 0 Å². The van der Waals surface area contributed by atoms with E-state index in [9.17, 15) is 9.90 Å². The van der Waals surface area contributed by atoms with Gasteiger partial charge < -0.3 is 28.8 Å². The van der Waals surface area contributed by atoms with Gasteiger partial charge in [-0.1, -0.05) is 12.1 Å². The van der Waals surface area contributed by atoms with Crippen molar-refractivity contribution in [2.45, 2.75) is 12.2 Å². The van der Waals surface area contributed by atoms with Gasteiger partial charge in [0.25, 0.3) is 0 Å². The molecule has 0 saturated heterocycles. The van der Waals surface area contributed by atoms with Gasteiger partial charge in [0, 0.05) is 6.07 Å². The summed E-state index contributed by atoms with van der Waals surface area (Å²) in [6.07, 6.45) is -2.24. The topological polar surface area (TPSA) is 83.5 Å². The Morgan fingerprint density at radius 1 is 0.923 bits per heavy atom. The number of carbonyl (C=O) groups excluding carboxylic acids is 1. The van der Waals surface area contributed by atoms with Gasteiger partial charge in [-0.3, -0.25) is 4.79 Å². The van der Waals surface area contributed by atoms with Crippen LogP contribution in [0, 0.1) is 0 Å². The predicted octanol–water partition coefficient (Wildman–Crippen LogP) is 2.40. The Labute approximate surface area is 151 Å². The molecule has 1 aliphatic rings. The monoisotopic (exact) mass is 360 g/mol. The van der Waals surface area contributed by atoms with Crippen LogP contribution in [-0.2, 0) is 0 Å². The molecule has 0 amide bonds. The van der Waals surface area contributed by atoms with Crippen LogP contribution in [0.3, 0.4) is 0 Å². The Morgan fingerprint density at radius 2 is 1.58 bits per heavy atom. The fourth-order valence-corrected chi connectivity index (χ4v) is 2.99. The number of aliphatic hydroxyl groups excluding tert-OH is 1. The Morgan fingerprint density at radius 3 is 2.12 bits per heavy atom. The second kappa shape index (κ2) is 7.13. The van der Waals surface area contributed by atoms with E-state index in [0.717, 1.165) is 0 Å². The van der Waals surface area contributed by atoms with Gasteiger partial charge in [0.05, 0.1) is 28.4 Å². The lowest BCUT2D eigenvalue weighted by atomic mass is 9.92. The van der Waals surface area contributed by atoms with Gasteiger partial charge in [0.2, 0.25) is 11.5 Å². The van der Waals surface area contributed by atoms with Crippen molar-refractivity contribution in [3.05, 3.63) is 41.5 Å². The first kappa shape index (κ1) is 17.9. The fourth-order valence-electron chi connectivity index (χ4n) is 2.99. The quantitative estimate of drug-likeness (QED) is 0.876. The molecule has 1 N–H and O–H groups in total. The zero-order valence-corrected chi connectivity index (χ0v) is 14.9. The summed E-state index contributed by atoms with van der Waals surface area (Å²) in [5, 5.41) is 10.5. The lowest BCUT2D eigenvalue weighted by Crippen LogP contribution is -2.36. The highest BCUT2D eigenvalue weighted by Gasteiger charge is 2.41. The van der Waals surface area contributed by atoms with E-state index in [1.807, 2.05) is 0 Å². The van der Waals surface area contributed by atoms with E-state index >= 15 is 0 Å². The predicted molar refractivity (Wildman–Crippen MR) is 92.8 cm³/mol. The number of aliphatic hydroxyl groups is 1. The van der Waals surface area contributed by atoms with Crippen molar-refractivity contribution >= 4 is 5.78 Å². The van der Waals surface area contributed by atoms with Crippen molar-refractivity contribution in [1.29, 1.82) is 0 Å². The first-order valence-corrected chi connectivity index (χ1v) is 7.91. The first-order valence-electron chi connectivity index (χ1n) is 7.91. The third-order valence-electron chi connectivity index (χ3n) is 4.29. The van der Waals surface area contributed by atoms with Crippen molar-refractivity contribution < 1.29 is 33.6 Å². The number of ether oxygens (including phenoxy) is 5. The van der Waals surface area contributed by atoms with Crippen LogP contribution in [0.15, 0.2) is 30.3 Å². The number of Topliss-reactive ketones (excluding diaryl/α,β-unsaturated/α-hetero) is 1. The smallest absolute Gasteiger partial charge is 0.204 e. The average molecular weight is 360 g/mol. The SMILES string of the molecule is COc1ccc(C2Oc3cc(OC)c(OC)c(OC)c3C(=O)C2O)cc1. The number of methoxy groups -OCH3 is 4. The van der Waals surface area contributed by atoms with E-state index < -0.39 is 18.0 Å². The second-order valence-corrected chi connectivity index (χ2v) is 5.64.